The maximum atomic E-state index is 12.0. The number of amides is 1. The Balaban J connectivity index is 1.50. The number of aryl methyl sites for hydroxylation is 3. The molecule has 0 atom stereocenters. The minimum absolute atomic E-state index is 0.0388. The van der Waals surface area contributed by atoms with E-state index in [1.807, 2.05) is 62.4 Å². The molecule has 3 aromatic rings. The summed E-state index contributed by atoms with van der Waals surface area (Å²) in [4.78, 5) is 12.0. The number of nitrogen functional groups attached to an aromatic ring is 1. The molecule has 0 aliphatic carbocycles. The van der Waals surface area contributed by atoms with Crippen LogP contribution in [0.2, 0.25) is 0 Å². The number of nitrogens with zero attached hydrogens (tertiary/aromatic N) is 3. The van der Waals surface area contributed by atoms with E-state index in [4.69, 9.17) is 10.5 Å². The molecule has 0 bridgehead atoms. The Hall–Kier alpha value is -3.79. The maximum Gasteiger partial charge on any atom is 0.257 e. The van der Waals surface area contributed by atoms with Crippen LogP contribution in [0.25, 0.3) is 5.69 Å². The predicted molar refractivity (Wildman–Crippen MR) is 115 cm³/mol. The standard InChI is InChI=1S/C23H25N5O2/c1-16-10-11-21(17(2)13-16)30-15-22(29)26-12-6-9-20-19(14-24)23(25)28(27-20)18-7-4-3-5-8-18/h3-5,7-8,10-11,13H,6,9,12,15,25H2,1-2H3,(H,26,29). The van der Waals surface area contributed by atoms with Crippen LogP contribution in [-0.4, -0.2) is 28.8 Å². The van der Waals surface area contributed by atoms with Crippen molar-refractivity contribution >= 4 is 11.7 Å². The summed E-state index contributed by atoms with van der Waals surface area (Å²) in [5, 5.41) is 16.8. The number of benzene rings is 2. The highest BCUT2D eigenvalue weighted by molar-refractivity contribution is 5.77. The summed E-state index contributed by atoms with van der Waals surface area (Å²) in [5.74, 6) is 0.839. The Kier molecular flexibility index (Phi) is 6.71. The molecular formula is C23H25N5O2. The van der Waals surface area contributed by atoms with Crippen LogP contribution in [0.4, 0.5) is 5.82 Å². The van der Waals surface area contributed by atoms with Gasteiger partial charge in [-0.2, -0.15) is 10.4 Å². The third-order valence-corrected chi connectivity index (χ3v) is 4.71. The van der Waals surface area contributed by atoms with E-state index in [1.165, 1.54) is 0 Å². The molecular weight excluding hydrogens is 378 g/mol. The van der Waals surface area contributed by atoms with Crippen LogP contribution in [0, 0.1) is 25.2 Å². The number of aromatic nitrogens is 2. The molecule has 3 N–H and O–H groups in total. The molecule has 2 aromatic carbocycles. The summed E-state index contributed by atoms with van der Waals surface area (Å²) >= 11 is 0. The first-order valence-electron chi connectivity index (χ1n) is 9.79. The Morgan fingerprint density at radius 3 is 2.70 bits per heavy atom. The van der Waals surface area contributed by atoms with E-state index in [2.05, 4.69) is 16.5 Å². The fourth-order valence-electron chi connectivity index (χ4n) is 3.18. The molecule has 0 aliphatic heterocycles. The van der Waals surface area contributed by atoms with E-state index in [-0.39, 0.29) is 12.5 Å². The van der Waals surface area contributed by atoms with Crippen molar-refractivity contribution in [2.24, 2.45) is 0 Å². The molecule has 0 spiro atoms. The number of nitriles is 1. The number of anilines is 1. The van der Waals surface area contributed by atoms with Gasteiger partial charge in [0.15, 0.2) is 6.61 Å². The van der Waals surface area contributed by atoms with Gasteiger partial charge in [0.25, 0.3) is 5.91 Å². The largest absolute Gasteiger partial charge is 0.484 e. The van der Waals surface area contributed by atoms with Crippen molar-refractivity contribution in [2.45, 2.75) is 26.7 Å². The third-order valence-electron chi connectivity index (χ3n) is 4.71. The second-order valence-electron chi connectivity index (χ2n) is 7.08. The minimum Gasteiger partial charge on any atom is -0.484 e. The van der Waals surface area contributed by atoms with Gasteiger partial charge >= 0.3 is 0 Å². The molecule has 7 heteroatoms. The van der Waals surface area contributed by atoms with Gasteiger partial charge in [0, 0.05) is 6.54 Å². The number of nitrogens with one attached hydrogen (secondary N) is 1. The highest BCUT2D eigenvalue weighted by Crippen LogP contribution is 2.21. The van der Waals surface area contributed by atoms with Crippen LogP contribution in [0.3, 0.4) is 0 Å². The number of nitrogens with two attached hydrogens (primary N) is 1. The molecule has 3 rings (SSSR count). The SMILES string of the molecule is Cc1ccc(OCC(=O)NCCCc2nn(-c3ccccc3)c(N)c2C#N)c(C)c1. The third kappa shape index (κ3) is 4.97. The zero-order valence-corrected chi connectivity index (χ0v) is 17.2. The summed E-state index contributed by atoms with van der Waals surface area (Å²) in [5.41, 5.74) is 10.1. The number of carbonyl (C=O) groups excluding carboxylic acids is 1. The minimum atomic E-state index is -0.190. The molecule has 0 saturated heterocycles. The molecule has 1 heterocycles. The van der Waals surface area contributed by atoms with E-state index in [9.17, 15) is 10.1 Å². The van der Waals surface area contributed by atoms with Crippen molar-refractivity contribution < 1.29 is 9.53 Å². The predicted octanol–water partition coefficient (Wildman–Crippen LogP) is 3.07. The van der Waals surface area contributed by atoms with E-state index >= 15 is 0 Å². The Morgan fingerprint density at radius 2 is 2.00 bits per heavy atom. The Bertz CT molecular complexity index is 1070. The van der Waals surface area contributed by atoms with Crippen LogP contribution >= 0.6 is 0 Å². The molecule has 1 aromatic heterocycles. The summed E-state index contributed by atoms with van der Waals surface area (Å²) < 4.78 is 7.16. The van der Waals surface area contributed by atoms with E-state index in [1.54, 1.807) is 4.68 Å². The van der Waals surface area contributed by atoms with Crippen LogP contribution < -0.4 is 15.8 Å². The smallest absolute Gasteiger partial charge is 0.257 e. The molecule has 0 saturated carbocycles. The molecule has 0 aliphatic rings. The Labute approximate surface area is 176 Å². The monoisotopic (exact) mass is 403 g/mol. The van der Waals surface area contributed by atoms with Gasteiger partial charge in [-0.15, -0.1) is 0 Å². The highest BCUT2D eigenvalue weighted by atomic mass is 16.5. The lowest BCUT2D eigenvalue weighted by molar-refractivity contribution is -0.123. The van der Waals surface area contributed by atoms with Gasteiger partial charge in [-0.25, -0.2) is 4.68 Å². The number of rotatable bonds is 8. The fraction of sp³-hybridized carbons (Fsp3) is 0.261. The second kappa shape index (κ2) is 9.61. The van der Waals surface area contributed by atoms with Crippen molar-refractivity contribution in [2.75, 3.05) is 18.9 Å². The topological polar surface area (TPSA) is 106 Å². The average molecular weight is 403 g/mol. The first kappa shape index (κ1) is 20.9. The second-order valence-corrected chi connectivity index (χ2v) is 7.08. The van der Waals surface area contributed by atoms with Gasteiger partial charge < -0.3 is 15.8 Å². The van der Waals surface area contributed by atoms with Crippen molar-refractivity contribution in [1.82, 2.24) is 15.1 Å². The van der Waals surface area contributed by atoms with Crippen LogP contribution in [0.5, 0.6) is 5.75 Å². The summed E-state index contributed by atoms with van der Waals surface area (Å²) in [6.07, 6.45) is 1.17. The fourth-order valence-corrected chi connectivity index (χ4v) is 3.18. The van der Waals surface area contributed by atoms with Gasteiger partial charge in [-0.05, 0) is 50.5 Å². The van der Waals surface area contributed by atoms with Gasteiger partial charge in [0.05, 0.1) is 11.4 Å². The number of ether oxygens (including phenoxy) is 1. The molecule has 0 fully saturated rings. The van der Waals surface area contributed by atoms with E-state index in [0.717, 1.165) is 16.8 Å². The first-order valence-corrected chi connectivity index (χ1v) is 9.79. The molecule has 154 valence electrons. The van der Waals surface area contributed by atoms with Gasteiger partial charge in [-0.3, -0.25) is 4.79 Å². The number of hydrogen-bond donors (Lipinski definition) is 2. The number of hydrogen-bond acceptors (Lipinski definition) is 5. The normalized spacial score (nSPS) is 10.4. The molecule has 30 heavy (non-hydrogen) atoms. The Morgan fingerprint density at radius 1 is 1.23 bits per heavy atom. The zero-order chi connectivity index (χ0) is 21.5. The van der Waals surface area contributed by atoms with Crippen LogP contribution in [-0.2, 0) is 11.2 Å². The quantitative estimate of drug-likeness (QED) is 0.562. The lowest BCUT2D eigenvalue weighted by atomic mass is 10.1. The molecule has 7 nitrogen and oxygen atoms in total. The van der Waals surface area contributed by atoms with Gasteiger partial charge in [-0.1, -0.05) is 35.9 Å². The summed E-state index contributed by atoms with van der Waals surface area (Å²) in [6, 6.07) is 17.4. The van der Waals surface area contributed by atoms with Crippen LogP contribution in [0.1, 0.15) is 28.8 Å². The number of carbonyl (C=O) groups is 1. The zero-order valence-electron chi connectivity index (χ0n) is 17.2. The average Bonchev–Trinajstić information content (AvgIpc) is 3.06. The van der Waals surface area contributed by atoms with E-state index < -0.39 is 0 Å². The number of para-hydroxylation sites is 1. The molecule has 0 radical (unpaired) electrons. The summed E-state index contributed by atoms with van der Waals surface area (Å²) in [7, 11) is 0. The lowest BCUT2D eigenvalue weighted by Gasteiger charge is -2.10. The summed E-state index contributed by atoms with van der Waals surface area (Å²) in [6.45, 7) is 4.38. The van der Waals surface area contributed by atoms with Crippen molar-refractivity contribution in [3.63, 3.8) is 0 Å². The van der Waals surface area contributed by atoms with Gasteiger partial charge in [0.1, 0.15) is 23.2 Å². The highest BCUT2D eigenvalue weighted by Gasteiger charge is 2.16. The van der Waals surface area contributed by atoms with Crippen molar-refractivity contribution in [1.29, 1.82) is 5.26 Å². The molecule has 1 amide bonds. The maximum absolute atomic E-state index is 12.0. The van der Waals surface area contributed by atoms with Crippen molar-refractivity contribution in [3.8, 4) is 17.5 Å². The molecule has 0 unspecified atom stereocenters. The van der Waals surface area contributed by atoms with Crippen LogP contribution in [0.15, 0.2) is 48.5 Å². The van der Waals surface area contributed by atoms with E-state index in [0.29, 0.717) is 42.2 Å². The first-order chi connectivity index (χ1) is 14.5. The van der Waals surface area contributed by atoms with Crippen molar-refractivity contribution in [3.05, 3.63) is 70.9 Å². The lowest BCUT2D eigenvalue weighted by Crippen LogP contribution is -2.30. The van der Waals surface area contributed by atoms with Gasteiger partial charge in [0.2, 0.25) is 0 Å².